The third kappa shape index (κ3) is 2.74. The maximum atomic E-state index is 5.93. The largest absolute Gasteiger partial charge is 0.127 e. The number of benzene rings is 2. The van der Waals surface area contributed by atoms with Crippen molar-refractivity contribution in [3.63, 3.8) is 0 Å². The number of halogens is 1. The minimum absolute atomic E-state index is 0.751. The highest BCUT2D eigenvalue weighted by Crippen LogP contribution is 1.99. The highest BCUT2D eigenvalue weighted by Gasteiger charge is 2.14. The van der Waals surface area contributed by atoms with Crippen LogP contribution in [0.4, 0.5) is 0 Å². The normalized spacial score (nSPS) is 10.6. The molecule has 0 aliphatic heterocycles. The van der Waals surface area contributed by atoms with Gasteiger partial charge in [0.05, 0.1) is 0 Å². The summed E-state index contributed by atoms with van der Waals surface area (Å²) in [6.45, 7) is 0. The zero-order valence-electron chi connectivity index (χ0n) is 9.14. The van der Waals surface area contributed by atoms with Gasteiger partial charge in [0.1, 0.15) is 8.80 Å². The van der Waals surface area contributed by atoms with Crippen LogP contribution in [-0.4, -0.2) is 14.7 Å². The van der Waals surface area contributed by atoms with Crippen LogP contribution in [0.2, 0.25) is 6.04 Å². The van der Waals surface area contributed by atoms with Crippen molar-refractivity contribution < 1.29 is 0 Å². The monoisotopic (exact) mass is 246 g/mol. The highest BCUT2D eigenvalue weighted by atomic mass is 35.5. The van der Waals surface area contributed by atoms with Gasteiger partial charge in [0.25, 0.3) is 0 Å². The molecule has 2 rings (SSSR count). The molecule has 0 aliphatic rings. The Labute approximate surface area is 103 Å². The van der Waals surface area contributed by atoms with Crippen molar-refractivity contribution in [2.45, 2.75) is 6.04 Å². The fourth-order valence-electron chi connectivity index (χ4n) is 2.01. The molecule has 82 valence electrons. The highest BCUT2D eigenvalue weighted by molar-refractivity contribution is 6.85. The number of hydrogen-bond acceptors (Lipinski definition) is 0. The SMILES string of the molecule is ClCC[SiH](c1ccccc1)c1ccccc1. The van der Waals surface area contributed by atoms with Gasteiger partial charge in [-0.3, -0.25) is 0 Å². The summed E-state index contributed by atoms with van der Waals surface area (Å²) in [5.41, 5.74) is 0. The van der Waals surface area contributed by atoms with E-state index < -0.39 is 8.80 Å². The Balaban J connectivity index is 2.31. The molecule has 0 amide bonds. The van der Waals surface area contributed by atoms with E-state index in [2.05, 4.69) is 60.7 Å². The molecule has 0 N–H and O–H groups in total. The lowest BCUT2D eigenvalue weighted by molar-refractivity contribution is 1.44. The Bertz CT molecular complexity index is 374. The van der Waals surface area contributed by atoms with E-state index in [1.54, 1.807) is 0 Å². The van der Waals surface area contributed by atoms with E-state index >= 15 is 0 Å². The molecule has 0 radical (unpaired) electrons. The summed E-state index contributed by atoms with van der Waals surface area (Å²) in [4.78, 5) is 0. The second kappa shape index (κ2) is 5.88. The van der Waals surface area contributed by atoms with Gasteiger partial charge in [-0.15, -0.1) is 11.6 Å². The van der Waals surface area contributed by atoms with E-state index in [-0.39, 0.29) is 0 Å². The fourth-order valence-corrected chi connectivity index (χ4v) is 5.30. The molecule has 0 nitrogen and oxygen atoms in total. The lowest BCUT2D eigenvalue weighted by Gasteiger charge is -2.14. The predicted molar refractivity (Wildman–Crippen MR) is 74.8 cm³/mol. The summed E-state index contributed by atoms with van der Waals surface area (Å²) in [7, 11) is -1.08. The number of hydrogen-bond donors (Lipinski definition) is 0. The maximum absolute atomic E-state index is 5.93. The van der Waals surface area contributed by atoms with Crippen molar-refractivity contribution in [1.29, 1.82) is 0 Å². The molecule has 0 bridgehead atoms. The summed E-state index contributed by atoms with van der Waals surface area (Å²) in [6, 6.07) is 22.7. The van der Waals surface area contributed by atoms with Gasteiger partial charge in [0, 0.05) is 5.88 Å². The Morgan fingerprint density at radius 1 is 0.750 bits per heavy atom. The molecule has 0 heterocycles. The van der Waals surface area contributed by atoms with Crippen LogP contribution in [0.1, 0.15) is 0 Å². The lowest BCUT2D eigenvalue weighted by Crippen LogP contribution is -2.42. The molecule has 2 aromatic carbocycles. The summed E-state index contributed by atoms with van der Waals surface area (Å²) in [5.74, 6) is 0.751. The molecule has 0 fully saturated rings. The second-order valence-electron chi connectivity index (χ2n) is 3.85. The van der Waals surface area contributed by atoms with Crippen LogP contribution >= 0.6 is 11.6 Å². The fraction of sp³-hybridized carbons (Fsp3) is 0.143. The standard InChI is InChI=1S/C14H15ClSi/c15-11-12-16(13-7-3-1-4-8-13)14-9-5-2-6-10-14/h1-10,16H,11-12H2. The van der Waals surface area contributed by atoms with Crippen LogP contribution in [0.15, 0.2) is 60.7 Å². The summed E-state index contributed by atoms with van der Waals surface area (Å²) in [5, 5.41) is 2.96. The molecule has 0 saturated carbocycles. The van der Waals surface area contributed by atoms with Crippen LogP contribution in [-0.2, 0) is 0 Å². The Kier molecular flexibility index (Phi) is 4.20. The van der Waals surface area contributed by atoms with E-state index in [1.807, 2.05) is 0 Å². The average molecular weight is 247 g/mol. The topological polar surface area (TPSA) is 0 Å². The van der Waals surface area contributed by atoms with Gasteiger partial charge in [-0.2, -0.15) is 0 Å². The zero-order chi connectivity index (χ0) is 11.2. The first kappa shape index (κ1) is 11.4. The molecule has 2 aromatic rings. The minimum Gasteiger partial charge on any atom is -0.127 e. The van der Waals surface area contributed by atoms with Crippen molar-refractivity contribution in [1.82, 2.24) is 0 Å². The molecule has 16 heavy (non-hydrogen) atoms. The lowest BCUT2D eigenvalue weighted by atomic mass is 10.4. The predicted octanol–water partition coefficient (Wildman–Crippen LogP) is 2.27. The smallest absolute Gasteiger partial charge is 0.104 e. The molecule has 0 aromatic heterocycles. The van der Waals surface area contributed by atoms with Crippen molar-refractivity contribution in [2.24, 2.45) is 0 Å². The summed E-state index contributed by atoms with van der Waals surface area (Å²) < 4.78 is 0. The van der Waals surface area contributed by atoms with Crippen molar-refractivity contribution in [3.05, 3.63) is 60.7 Å². The van der Waals surface area contributed by atoms with Gasteiger partial charge in [-0.1, -0.05) is 71.0 Å². The number of rotatable bonds is 4. The quantitative estimate of drug-likeness (QED) is 0.574. The first-order valence-electron chi connectivity index (χ1n) is 5.57. The molecule has 0 spiro atoms. The van der Waals surface area contributed by atoms with Crippen molar-refractivity contribution >= 4 is 30.8 Å². The summed E-state index contributed by atoms with van der Waals surface area (Å²) >= 11 is 5.93. The minimum atomic E-state index is -1.08. The van der Waals surface area contributed by atoms with Crippen LogP contribution < -0.4 is 10.4 Å². The third-order valence-corrected chi connectivity index (χ3v) is 6.63. The molecule has 0 atom stereocenters. The van der Waals surface area contributed by atoms with E-state index in [4.69, 9.17) is 11.6 Å². The summed E-state index contributed by atoms with van der Waals surface area (Å²) in [6.07, 6.45) is 0. The van der Waals surface area contributed by atoms with Crippen molar-refractivity contribution in [3.8, 4) is 0 Å². The molecular weight excluding hydrogens is 232 g/mol. The van der Waals surface area contributed by atoms with Gasteiger partial charge in [-0.25, -0.2) is 0 Å². The van der Waals surface area contributed by atoms with Gasteiger partial charge in [0.15, 0.2) is 0 Å². The van der Waals surface area contributed by atoms with Gasteiger partial charge in [0.2, 0.25) is 0 Å². The van der Waals surface area contributed by atoms with E-state index in [9.17, 15) is 0 Å². The van der Waals surface area contributed by atoms with Crippen LogP contribution in [0.25, 0.3) is 0 Å². The Hall–Kier alpha value is -1.05. The van der Waals surface area contributed by atoms with Gasteiger partial charge < -0.3 is 0 Å². The first-order valence-corrected chi connectivity index (χ1v) is 8.08. The molecule has 0 aliphatic carbocycles. The molecule has 0 unspecified atom stereocenters. The Morgan fingerprint density at radius 2 is 1.19 bits per heavy atom. The van der Waals surface area contributed by atoms with Crippen LogP contribution in [0.3, 0.4) is 0 Å². The first-order chi connectivity index (χ1) is 7.92. The third-order valence-electron chi connectivity index (χ3n) is 2.80. The molecule has 2 heteroatoms. The van der Waals surface area contributed by atoms with Gasteiger partial charge in [-0.05, 0) is 6.04 Å². The molecule has 0 saturated heterocycles. The van der Waals surface area contributed by atoms with E-state index in [1.165, 1.54) is 10.4 Å². The van der Waals surface area contributed by atoms with Gasteiger partial charge >= 0.3 is 0 Å². The second-order valence-corrected chi connectivity index (χ2v) is 7.25. The van der Waals surface area contributed by atoms with Crippen LogP contribution in [0.5, 0.6) is 0 Å². The maximum Gasteiger partial charge on any atom is 0.104 e. The van der Waals surface area contributed by atoms with Crippen LogP contribution in [0, 0.1) is 0 Å². The van der Waals surface area contributed by atoms with Crippen molar-refractivity contribution in [2.75, 3.05) is 5.88 Å². The van der Waals surface area contributed by atoms with E-state index in [0.717, 1.165) is 11.9 Å². The van der Waals surface area contributed by atoms with E-state index in [0.29, 0.717) is 0 Å². The number of alkyl halides is 1. The molecular formula is C14H15ClSi. The zero-order valence-corrected chi connectivity index (χ0v) is 11.1. The Morgan fingerprint density at radius 3 is 1.56 bits per heavy atom. The average Bonchev–Trinajstić information content (AvgIpc) is 2.38.